The summed E-state index contributed by atoms with van der Waals surface area (Å²) in [5.41, 5.74) is 0. The van der Waals surface area contributed by atoms with Crippen LogP contribution in [0.1, 0.15) is 75.7 Å². The Labute approximate surface area is 128 Å². The molecule has 0 aliphatic heterocycles. The van der Waals surface area contributed by atoms with Crippen LogP contribution >= 0.6 is 11.3 Å². The van der Waals surface area contributed by atoms with E-state index in [9.17, 15) is 0 Å². The summed E-state index contributed by atoms with van der Waals surface area (Å²) < 4.78 is 0. The molecule has 0 saturated heterocycles. The van der Waals surface area contributed by atoms with Gasteiger partial charge >= 0.3 is 0 Å². The SMILES string of the molecule is CCCCCCCCCc1nnc(CCNC(C)C)s1. The first-order valence-electron chi connectivity index (χ1n) is 8.27. The molecule has 0 bridgehead atoms. The third kappa shape index (κ3) is 8.64. The molecular weight excluding hydrogens is 266 g/mol. The van der Waals surface area contributed by atoms with Crippen molar-refractivity contribution in [2.24, 2.45) is 0 Å². The minimum absolute atomic E-state index is 0.551. The van der Waals surface area contributed by atoms with Gasteiger partial charge in [0.05, 0.1) is 0 Å². The maximum atomic E-state index is 4.30. The lowest BCUT2D eigenvalue weighted by atomic mass is 10.1. The van der Waals surface area contributed by atoms with Crippen LogP contribution in [0.2, 0.25) is 0 Å². The highest BCUT2D eigenvalue weighted by atomic mass is 32.1. The van der Waals surface area contributed by atoms with E-state index < -0.39 is 0 Å². The molecule has 1 aromatic rings. The van der Waals surface area contributed by atoms with Crippen molar-refractivity contribution in [1.29, 1.82) is 0 Å². The zero-order valence-corrected chi connectivity index (χ0v) is 14.3. The third-order valence-corrected chi connectivity index (χ3v) is 4.44. The number of nitrogens with one attached hydrogen (secondary N) is 1. The van der Waals surface area contributed by atoms with Crippen molar-refractivity contribution >= 4 is 11.3 Å². The predicted octanol–water partition coefficient (Wildman–Crippen LogP) is 4.37. The Morgan fingerprint density at radius 3 is 2.15 bits per heavy atom. The fraction of sp³-hybridized carbons (Fsp3) is 0.875. The molecule has 20 heavy (non-hydrogen) atoms. The van der Waals surface area contributed by atoms with Crippen molar-refractivity contribution in [2.45, 2.75) is 84.6 Å². The summed E-state index contributed by atoms with van der Waals surface area (Å²) in [5.74, 6) is 0. The van der Waals surface area contributed by atoms with Gasteiger partial charge in [0.25, 0.3) is 0 Å². The van der Waals surface area contributed by atoms with Gasteiger partial charge in [0.15, 0.2) is 0 Å². The highest BCUT2D eigenvalue weighted by Crippen LogP contribution is 2.14. The van der Waals surface area contributed by atoms with Crippen molar-refractivity contribution in [3.05, 3.63) is 10.0 Å². The topological polar surface area (TPSA) is 37.8 Å². The van der Waals surface area contributed by atoms with Gasteiger partial charge in [0, 0.05) is 25.4 Å². The molecule has 1 rings (SSSR count). The van der Waals surface area contributed by atoms with Crippen molar-refractivity contribution in [1.82, 2.24) is 15.5 Å². The van der Waals surface area contributed by atoms with Crippen molar-refractivity contribution in [2.75, 3.05) is 6.54 Å². The van der Waals surface area contributed by atoms with Crippen LogP contribution in [0.3, 0.4) is 0 Å². The molecule has 0 aromatic carbocycles. The van der Waals surface area contributed by atoms with Gasteiger partial charge in [-0.3, -0.25) is 0 Å². The second-order valence-electron chi connectivity index (χ2n) is 5.82. The number of aryl methyl sites for hydroxylation is 1. The summed E-state index contributed by atoms with van der Waals surface area (Å²) >= 11 is 1.79. The Kier molecular flexibility index (Phi) is 9.85. The number of hydrogen-bond donors (Lipinski definition) is 1. The lowest BCUT2D eigenvalue weighted by Gasteiger charge is -2.05. The number of aromatic nitrogens is 2. The van der Waals surface area contributed by atoms with Gasteiger partial charge in [-0.1, -0.05) is 59.3 Å². The minimum atomic E-state index is 0.551. The zero-order valence-electron chi connectivity index (χ0n) is 13.5. The van der Waals surface area contributed by atoms with E-state index in [2.05, 4.69) is 36.3 Å². The largest absolute Gasteiger partial charge is 0.314 e. The fourth-order valence-corrected chi connectivity index (χ4v) is 3.08. The van der Waals surface area contributed by atoms with Crippen LogP contribution in [-0.4, -0.2) is 22.8 Å². The second kappa shape index (κ2) is 11.2. The first-order valence-corrected chi connectivity index (χ1v) is 9.08. The first kappa shape index (κ1) is 17.6. The average molecular weight is 298 g/mol. The molecule has 0 fully saturated rings. The van der Waals surface area contributed by atoms with E-state index in [1.54, 1.807) is 11.3 Å². The van der Waals surface area contributed by atoms with Crippen LogP contribution in [-0.2, 0) is 12.8 Å². The van der Waals surface area contributed by atoms with E-state index in [-0.39, 0.29) is 0 Å². The first-order chi connectivity index (χ1) is 9.72. The minimum Gasteiger partial charge on any atom is -0.314 e. The van der Waals surface area contributed by atoms with Crippen LogP contribution in [0.4, 0.5) is 0 Å². The second-order valence-corrected chi connectivity index (χ2v) is 6.97. The normalized spacial score (nSPS) is 11.4. The van der Waals surface area contributed by atoms with E-state index >= 15 is 0 Å². The molecule has 4 heteroatoms. The molecule has 0 spiro atoms. The summed E-state index contributed by atoms with van der Waals surface area (Å²) in [5, 5.41) is 14.4. The van der Waals surface area contributed by atoms with Crippen molar-refractivity contribution in [3.63, 3.8) is 0 Å². The van der Waals surface area contributed by atoms with Gasteiger partial charge < -0.3 is 5.32 Å². The van der Waals surface area contributed by atoms with Gasteiger partial charge in [-0.2, -0.15) is 0 Å². The molecule has 0 saturated carbocycles. The number of nitrogens with zero attached hydrogens (tertiary/aromatic N) is 2. The standard InChI is InChI=1S/C16H31N3S/c1-4-5-6-7-8-9-10-11-15-18-19-16(20-15)12-13-17-14(2)3/h14,17H,4-13H2,1-3H3. The Balaban J connectivity index is 2.05. The summed E-state index contributed by atoms with van der Waals surface area (Å²) in [7, 11) is 0. The molecule has 3 nitrogen and oxygen atoms in total. The van der Waals surface area contributed by atoms with E-state index in [1.165, 1.54) is 55.0 Å². The smallest absolute Gasteiger partial charge is 0.118 e. The molecule has 0 atom stereocenters. The van der Waals surface area contributed by atoms with Gasteiger partial charge in [-0.15, -0.1) is 21.5 Å². The molecule has 0 unspecified atom stereocenters. The third-order valence-electron chi connectivity index (χ3n) is 3.39. The zero-order chi connectivity index (χ0) is 14.6. The molecular formula is C16H31N3S. The molecule has 1 heterocycles. The fourth-order valence-electron chi connectivity index (χ4n) is 2.19. The molecule has 1 N–H and O–H groups in total. The average Bonchev–Trinajstić information content (AvgIpc) is 2.85. The Bertz CT molecular complexity index is 336. The lowest BCUT2D eigenvalue weighted by Crippen LogP contribution is -2.24. The van der Waals surface area contributed by atoms with E-state index in [1.807, 2.05) is 0 Å². The molecule has 116 valence electrons. The Morgan fingerprint density at radius 1 is 0.900 bits per heavy atom. The van der Waals surface area contributed by atoms with E-state index in [4.69, 9.17) is 0 Å². The molecule has 0 radical (unpaired) electrons. The van der Waals surface area contributed by atoms with Gasteiger partial charge in [0.2, 0.25) is 0 Å². The van der Waals surface area contributed by atoms with Crippen molar-refractivity contribution < 1.29 is 0 Å². The van der Waals surface area contributed by atoms with Gasteiger partial charge in [-0.25, -0.2) is 0 Å². The molecule has 0 amide bonds. The summed E-state index contributed by atoms with van der Waals surface area (Å²) in [6, 6.07) is 0.551. The lowest BCUT2D eigenvalue weighted by molar-refractivity contribution is 0.586. The van der Waals surface area contributed by atoms with E-state index in [0.717, 1.165) is 19.4 Å². The molecule has 0 aliphatic carbocycles. The number of unbranched alkanes of at least 4 members (excludes halogenated alkanes) is 6. The van der Waals surface area contributed by atoms with Crippen LogP contribution in [0, 0.1) is 0 Å². The van der Waals surface area contributed by atoms with Crippen LogP contribution in [0.25, 0.3) is 0 Å². The highest BCUT2D eigenvalue weighted by molar-refractivity contribution is 7.11. The van der Waals surface area contributed by atoms with Crippen LogP contribution in [0.5, 0.6) is 0 Å². The highest BCUT2D eigenvalue weighted by Gasteiger charge is 2.04. The van der Waals surface area contributed by atoms with Gasteiger partial charge in [-0.05, 0) is 6.42 Å². The van der Waals surface area contributed by atoms with Crippen LogP contribution in [0.15, 0.2) is 0 Å². The maximum absolute atomic E-state index is 4.30. The maximum Gasteiger partial charge on any atom is 0.118 e. The van der Waals surface area contributed by atoms with Crippen LogP contribution < -0.4 is 5.32 Å². The number of hydrogen-bond acceptors (Lipinski definition) is 4. The predicted molar refractivity (Wildman–Crippen MR) is 88.4 cm³/mol. The Hall–Kier alpha value is -0.480. The number of rotatable bonds is 12. The van der Waals surface area contributed by atoms with Gasteiger partial charge in [0.1, 0.15) is 10.0 Å². The van der Waals surface area contributed by atoms with Crippen molar-refractivity contribution in [3.8, 4) is 0 Å². The Morgan fingerprint density at radius 2 is 1.50 bits per heavy atom. The molecule has 0 aliphatic rings. The van der Waals surface area contributed by atoms with E-state index in [0.29, 0.717) is 6.04 Å². The monoisotopic (exact) mass is 297 g/mol. The summed E-state index contributed by atoms with van der Waals surface area (Å²) in [4.78, 5) is 0. The molecule has 1 aromatic heterocycles. The quantitative estimate of drug-likeness (QED) is 0.582. The summed E-state index contributed by atoms with van der Waals surface area (Å²) in [6.07, 6.45) is 11.6. The summed E-state index contributed by atoms with van der Waals surface area (Å²) in [6.45, 7) is 7.62.